The van der Waals surface area contributed by atoms with Crippen molar-refractivity contribution in [1.82, 2.24) is 0 Å². The Bertz CT molecular complexity index is 923. The average molecular weight is 503 g/mol. The van der Waals surface area contributed by atoms with Crippen LogP contribution in [0.5, 0.6) is 11.5 Å². The first kappa shape index (κ1) is 20.4. The van der Waals surface area contributed by atoms with Crippen LogP contribution in [0.2, 0.25) is 10.0 Å². The number of carbonyl (C=O) groups excluding carboxylic acids is 1. The number of halogens is 3. The van der Waals surface area contributed by atoms with Gasteiger partial charge in [0, 0.05) is 10.6 Å². The van der Waals surface area contributed by atoms with Crippen LogP contribution in [0.4, 0.5) is 0 Å². The van der Waals surface area contributed by atoms with Gasteiger partial charge in [-0.2, -0.15) is 5.26 Å². The molecule has 0 atom stereocenters. The largest absolute Gasteiger partial charge is 0.493 e. The van der Waals surface area contributed by atoms with E-state index in [1.54, 1.807) is 36.4 Å². The molecule has 2 N–H and O–H groups in total. The first-order chi connectivity index (χ1) is 12.3. The first-order valence-corrected chi connectivity index (χ1v) is 9.05. The van der Waals surface area contributed by atoms with Crippen LogP contribution in [0.15, 0.2) is 30.3 Å². The molecule has 1 amide bonds. The van der Waals surface area contributed by atoms with Crippen molar-refractivity contribution in [3.63, 3.8) is 0 Å². The average Bonchev–Trinajstić information content (AvgIpc) is 2.58. The molecule has 0 bridgehead atoms. The maximum absolute atomic E-state index is 10.9. The van der Waals surface area contributed by atoms with Gasteiger partial charge in [-0.3, -0.25) is 4.79 Å². The van der Waals surface area contributed by atoms with Crippen molar-refractivity contribution in [1.29, 1.82) is 5.26 Å². The molecule has 2 aromatic carbocycles. The fourth-order valence-electron chi connectivity index (χ4n) is 2.15. The predicted molar refractivity (Wildman–Crippen MR) is 110 cm³/mol. The minimum Gasteiger partial charge on any atom is -0.493 e. The predicted octanol–water partition coefficient (Wildman–Crippen LogP) is 4.53. The van der Waals surface area contributed by atoms with Crippen molar-refractivity contribution < 1.29 is 14.3 Å². The van der Waals surface area contributed by atoms with E-state index >= 15 is 0 Å². The number of ether oxygens (including phenoxy) is 2. The third kappa shape index (κ3) is 5.04. The second kappa shape index (κ2) is 9.12. The summed E-state index contributed by atoms with van der Waals surface area (Å²) in [6, 6.07) is 10.6. The van der Waals surface area contributed by atoms with Gasteiger partial charge in [-0.1, -0.05) is 29.3 Å². The summed E-state index contributed by atoms with van der Waals surface area (Å²) in [6.07, 6.45) is 1.68. The molecule has 0 spiro atoms. The van der Waals surface area contributed by atoms with E-state index in [2.05, 4.69) is 28.7 Å². The van der Waals surface area contributed by atoms with Crippen LogP contribution >= 0.6 is 45.8 Å². The quantitative estimate of drug-likeness (QED) is 0.357. The molecule has 5 nitrogen and oxygen atoms in total. The van der Waals surface area contributed by atoms with Crippen LogP contribution in [0.25, 0.3) is 11.6 Å². The van der Waals surface area contributed by atoms with Gasteiger partial charge in [-0.25, -0.2) is 0 Å². The highest BCUT2D eigenvalue weighted by Crippen LogP contribution is 2.35. The Kier molecular flexibility index (Phi) is 7.14. The number of benzene rings is 2. The maximum Gasteiger partial charge on any atom is 0.255 e. The van der Waals surface area contributed by atoms with Crippen molar-refractivity contribution in [2.45, 2.75) is 0 Å². The molecule has 2 aromatic rings. The zero-order valence-electron chi connectivity index (χ0n) is 13.6. The van der Waals surface area contributed by atoms with Gasteiger partial charge in [-0.05, 0) is 58.5 Å². The Morgan fingerprint density at radius 2 is 2.08 bits per heavy atom. The van der Waals surface area contributed by atoms with E-state index in [-0.39, 0.29) is 6.61 Å². The molecule has 134 valence electrons. The highest BCUT2D eigenvalue weighted by atomic mass is 127. The summed E-state index contributed by atoms with van der Waals surface area (Å²) in [5.41, 5.74) is 6.76. The fraction of sp³-hybridized carbons (Fsp3) is 0.111. The fourth-order valence-corrected chi connectivity index (χ4v) is 3.44. The van der Waals surface area contributed by atoms with Crippen molar-refractivity contribution in [3.8, 4) is 17.6 Å². The van der Waals surface area contributed by atoms with Gasteiger partial charge in [-0.15, -0.1) is 0 Å². The van der Waals surface area contributed by atoms with Crippen LogP contribution in [0.3, 0.4) is 0 Å². The van der Waals surface area contributed by atoms with Crippen molar-refractivity contribution >= 4 is 63.3 Å². The summed E-state index contributed by atoms with van der Waals surface area (Å²) < 4.78 is 11.4. The molecule has 0 unspecified atom stereocenters. The Labute approximate surface area is 174 Å². The first-order valence-electron chi connectivity index (χ1n) is 7.21. The van der Waals surface area contributed by atoms with Gasteiger partial charge in [0.05, 0.1) is 27.3 Å². The van der Waals surface area contributed by atoms with Crippen LogP contribution in [-0.2, 0) is 4.79 Å². The molecular weight excluding hydrogens is 490 g/mol. The summed E-state index contributed by atoms with van der Waals surface area (Å²) >= 11 is 14.1. The minimum atomic E-state index is -0.587. The van der Waals surface area contributed by atoms with Gasteiger partial charge in [0.25, 0.3) is 5.91 Å². The smallest absolute Gasteiger partial charge is 0.255 e. The number of carbonyl (C=O) groups is 1. The second-order valence-corrected chi connectivity index (χ2v) is 7.09. The third-order valence-electron chi connectivity index (χ3n) is 3.26. The van der Waals surface area contributed by atoms with Gasteiger partial charge in [0.1, 0.15) is 0 Å². The van der Waals surface area contributed by atoms with E-state index in [1.807, 2.05) is 0 Å². The van der Waals surface area contributed by atoms with E-state index in [1.165, 1.54) is 7.11 Å². The number of hydrogen-bond acceptors (Lipinski definition) is 4. The molecule has 0 heterocycles. The highest BCUT2D eigenvalue weighted by Gasteiger charge is 2.13. The molecule has 0 fully saturated rings. The lowest BCUT2D eigenvalue weighted by molar-refractivity contribution is -0.119. The van der Waals surface area contributed by atoms with Gasteiger partial charge >= 0.3 is 0 Å². The zero-order chi connectivity index (χ0) is 19.3. The molecule has 0 aromatic heterocycles. The molecule has 26 heavy (non-hydrogen) atoms. The van der Waals surface area contributed by atoms with E-state index in [0.29, 0.717) is 41.8 Å². The number of methoxy groups -OCH3 is 1. The Hall–Kier alpha value is -1.95. The number of hydrogen-bond donors (Lipinski definition) is 1. The molecule has 0 aliphatic heterocycles. The highest BCUT2D eigenvalue weighted by molar-refractivity contribution is 14.1. The van der Waals surface area contributed by atoms with Crippen molar-refractivity contribution in [3.05, 3.63) is 55.1 Å². The number of rotatable bonds is 6. The van der Waals surface area contributed by atoms with Gasteiger partial charge < -0.3 is 15.2 Å². The number of amides is 1. The molecule has 8 heteroatoms. The number of nitriles is 1. The minimum absolute atomic E-state index is 0.259. The molecule has 0 saturated heterocycles. The lowest BCUT2D eigenvalue weighted by Crippen LogP contribution is -2.20. The summed E-state index contributed by atoms with van der Waals surface area (Å²) in [6.45, 7) is -0.259. The number of nitrogens with zero attached hydrogens (tertiary/aromatic N) is 1. The monoisotopic (exact) mass is 502 g/mol. The third-order valence-corrected chi connectivity index (χ3v) is 4.61. The van der Waals surface area contributed by atoms with Crippen LogP contribution < -0.4 is 15.2 Å². The maximum atomic E-state index is 10.9. The number of allylic oxidation sites excluding steroid dienone is 1. The molecule has 0 aliphatic carbocycles. The van der Waals surface area contributed by atoms with E-state index in [0.717, 1.165) is 0 Å². The van der Waals surface area contributed by atoms with Crippen molar-refractivity contribution in [2.24, 2.45) is 5.73 Å². The van der Waals surface area contributed by atoms with Crippen molar-refractivity contribution in [2.75, 3.05) is 13.7 Å². The van der Waals surface area contributed by atoms with E-state index < -0.39 is 5.91 Å². The van der Waals surface area contributed by atoms with Gasteiger partial charge in [0.2, 0.25) is 0 Å². The number of nitrogens with two attached hydrogens (primary N) is 1. The molecule has 0 saturated carbocycles. The van der Waals surface area contributed by atoms with Gasteiger partial charge in [0.15, 0.2) is 18.1 Å². The molecule has 2 rings (SSSR count). The SMILES string of the molecule is COc1cc(/C=C(\C#N)c2ccc(Cl)cc2Cl)cc(I)c1OCC(N)=O. The Morgan fingerprint density at radius 1 is 1.35 bits per heavy atom. The molecular formula is C18H13Cl2IN2O3. The normalized spacial score (nSPS) is 11.0. The molecule has 0 aliphatic rings. The van der Waals surface area contributed by atoms with E-state index in [9.17, 15) is 10.1 Å². The van der Waals surface area contributed by atoms with E-state index in [4.69, 9.17) is 38.4 Å². The second-order valence-electron chi connectivity index (χ2n) is 5.08. The van der Waals surface area contributed by atoms with Crippen LogP contribution in [0, 0.1) is 14.9 Å². The number of primary amides is 1. The Morgan fingerprint density at radius 3 is 2.65 bits per heavy atom. The summed E-state index contributed by atoms with van der Waals surface area (Å²) in [5.74, 6) is 0.243. The lowest BCUT2D eigenvalue weighted by atomic mass is 10.0. The topological polar surface area (TPSA) is 85.3 Å². The standard InChI is InChI=1S/C18H13Cl2IN2O3/c1-25-16-6-10(5-15(21)18(16)26-9-17(23)24)4-11(8-22)13-3-2-12(19)7-14(13)20/h2-7H,9H2,1H3,(H2,23,24)/b11-4+. The Balaban J connectivity index is 2.47. The summed E-state index contributed by atoms with van der Waals surface area (Å²) in [4.78, 5) is 10.9. The molecule has 0 radical (unpaired) electrons. The van der Waals surface area contributed by atoms with Crippen LogP contribution in [0.1, 0.15) is 11.1 Å². The lowest BCUT2D eigenvalue weighted by Gasteiger charge is -2.13. The summed E-state index contributed by atoms with van der Waals surface area (Å²) in [7, 11) is 1.48. The zero-order valence-corrected chi connectivity index (χ0v) is 17.2. The van der Waals surface area contributed by atoms with Crippen LogP contribution in [-0.4, -0.2) is 19.6 Å². The summed E-state index contributed by atoms with van der Waals surface area (Å²) in [5, 5.41) is 10.4.